The quantitative estimate of drug-likeness (QED) is 0.362. The fourth-order valence-electron chi connectivity index (χ4n) is 2.84. The van der Waals surface area contributed by atoms with E-state index in [0.29, 0.717) is 12.3 Å². The number of rotatable bonds is 9. The number of carbonyl (C=O) groups is 1. The van der Waals surface area contributed by atoms with Crippen LogP contribution < -0.4 is 5.73 Å². The van der Waals surface area contributed by atoms with Gasteiger partial charge in [0.25, 0.3) is 0 Å². The van der Waals surface area contributed by atoms with E-state index in [9.17, 15) is 23.4 Å². The van der Waals surface area contributed by atoms with E-state index >= 15 is 0 Å². The van der Waals surface area contributed by atoms with Gasteiger partial charge in [0.15, 0.2) is 0 Å². The number of carboxylic acids is 1. The summed E-state index contributed by atoms with van der Waals surface area (Å²) in [6.07, 6.45) is 0.304. The van der Waals surface area contributed by atoms with E-state index in [4.69, 9.17) is 11.1 Å². The number of hydrogen-bond acceptors (Lipinski definition) is 5. The first kappa shape index (κ1) is 22.4. The lowest BCUT2D eigenvalue weighted by Gasteiger charge is -2.21. The van der Waals surface area contributed by atoms with Gasteiger partial charge in [-0.2, -0.15) is 4.31 Å². The monoisotopic (exact) mass is 419 g/mol. The number of nitrogen functional groups attached to an aromatic ring is 1. The highest BCUT2D eigenvalue weighted by Gasteiger charge is 2.30. The molecule has 2 rings (SSSR count). The number of nitrogens with zero attached hydrogens (tertiary/aromatic N) is 1. The van der Waals surface area contributed by atoms with Crippen molar-refractivity contribution in [2.75, 3.05) is 13.1 Å². The average molecular weight is 420 g/mol. The van der Waals surface area contributed by atoms with Crippen LogP contribution in [0.5, 0.6) is 5.75 Å². The lowest BCUT2D eigenvalue weighted by molar-refractivity contribution is -0.137. The van der Waals surface area contributed by atoms with E-state index in [2.05, 4.69) is 13.8 Å². The first-order valence-electron chi connectivity index (χ1n) is 9.01. The molecule has 8 nitrogen and oxygen atoms in total. The molecule has 0 aliphatic carbocycles. The van der Waals surface area contributed by atoms with Gasteiger partial charge in [0.1, 0.15) is 23.0 Å². The van der Waals surface area contributed by atoms with Crippen molar-refractivity contribution in [3.63, 3.8) is 0 Å². The van der Waals surface area contributed by atoms with E-state index in [1.54, 1.807) is 0 Å². The molecule has 0 heterocycles. The molecule has 0 radical (unpaired) electrons. The highest BCUT2D eigenvalue weighted by molar-refractivity contribution is 7.89. The Morgan fingerprint density at radius 1 is 1.17 bits per heavy atom. The Hall–Kier alpha value is -2.91. The molecule has 5 N–H and O–H groups in total. The molecule has 0 fully saturated rings. The number of phenols is 1. The van der Waals surface area contributed by atoms with Crippen molar-refractivity contribution in [3.8, 4) is 5.75 Å². The van der Waals surface area contributed by atoms with Gasteiger partial charge in [-0.25, -0.2) is 8.42 Å². The zero-order valence-corrected chi connectivity index (χ0v) is 17.1. The number of benzene rings is 2. The second-order valence-electron chi connectivity index (χ2n) is 6.94. The number of hydrogen-bond donors (Lipinski definition) is 4. The van der Waals surface area contributed by atoms with Gasteiger partial charge in [0.2, 0.25) is 10.0 Å². The van der Waals surface area contributed by atoms with Crippen molar-refractivity contribution in [2.24, 2.45) is 5.73 Å². The number of nitrogens with one attached hydrogen (secondary N) is 1. The third-order valence-electron chi connectivity index (χ3n) is 4.51. The van der Waals surface area contributed by atoms with Gasteiger partial charge < -0.3 is 15.9 Å². The summed E-state index contributed by atoms with van der Waals surface area (Å²) in [5.41, 5.74) is 7.25. The largest absolute Gasteiger partial charge is 0.506 e. The summed E-state index contributed by atoms with van der Waals surface area (Å²) in [4.78, 5) is 10.8. The lowest BCUT2D eigenvalue weighted by atomic mass is 10.0. The average Bonchev–Trinajstić information content (AvgIpc) is 2.64. The smallest absolute Gasteiger partial charge is 0.318 e. The summed E-state index contributed by atoms with van der Waals surface area (Å²) in [5.74, 6) is -2.11. The minimum absolute atomic E-state index is 0.0839. The molecule has 0 spiro atoms. The molecule has 0 aliphatic rings. The van der Waals surface area contributed by atoms with Crippen molar-refractivity contribution in [1.29, 1.82) is 5.41 Å². The van der Waals surface area contributed by atoms with Gasteiger partial charge in [-0.1, -0.05) is 44.2 Å². The van der Waals surface area contributed by atoms with Crippen LogP contribution in [-0.4, -0.2) is 47.8 Å². The fourth-order valence-corrected chi connectivity index (χ4v) is 4.34. The molecule has 156 valence electrons. The van der Waals surface area contributed by atoms with Gasteiger partial charge in [0, 0.05) is 6.54 Å². The van der Waals surface area contributed by atoms with Crippen molar-refractivity contribution in [3.05, 3.63) is 59.2 Å². The number of carboxylic acid groups (broad SMARTS) is 1. The molecule has 9 heteroatoms. The molecule has 2 aromatic rings. The Labute approximate surface area is 170 Å². The van der Waals surface area contributed by atoms with Crippen LogP contribution in [-0.2, 0) is 21.2 Å². The van der Waals surface area contributed by atoms with Crippen molar-refractivity contribution in [1.82, 2.24) is 4.31 Å². The standard InChI is InChI=1S/C20H25N3O5S/c1-13(2)15-8-6-14(7-9-15)10-11-23(12-18(24)25)29(27,28)17-5-3-4-16(19(17)26)20(21)22/h3-9,13,26H,10-12H2,1-2H3,(H3,21,22)(H,24,25). The third kappa shape index (κ3) is 5.33. The Morgan fingerprint density at radius 3 is 2.31 bits per heavy atom. The predicted octanol–water partition coefficient (Wildman–Crippen LogP) is 2.12. The second kappa shape index (κ2) is 9.06. The summed E-state index contributed by atoms with van der Waals surface area (Å²) in [5, 5.41) is 26.9. The number of nitrogens with two attached hydrogens (primary N) is 1. The maximum Gasteiger partial charge on any atom is 0.318 e. The number of amidine groups is 1. The van der Waals surface area contributed by atoms with E-state index in [1.807, 2.05) is 24.3 Å². The summed E-state index contributed by atoms with van der Waals surface area (Å²) < 4.78 is 26.8. The van der Waals surface area contributed by atoms with Crippen LogP contribution in [0.4, 0.5) is 0 Å². The summed E-state index contributed by atoms with van der Waals surface area (Å²) in [7, 11) is -4.32. The summed E-state index contributed by atoms with van der Waals surface area (Å²) in [6.45, 7) is 3.30. The summed E-state index contributed by atoms with van der Waals surface area (Å²) >= 11 is 0. The minimum atomic E-state index is -4.32. The van der Waals surface area contributed by atoms with E-state index in [0.717, 1.165) is 21.5 Å². The Balaban J connectivity index is 2.32. The number of aromatic hydroxyl groups is 1. The fraction of sp³-hybridized carbons (Fsp3) is 0.300. The Kier molecular flexibility index (Phi) is 6.99. The molecule has 0 aliphatic heterocycles. The normalized spacial score (nSPS) is 11.7. The molecule has 29 heavy (non-hydrogen) atoms. The SMILES string of the molecule is CC(C)c1ccc(CCN(CC(=O)O)S(=O)(=O)c2cccc(C(=N)N)c2O)cc1. The van der Waals surface area contributed by atoms with E-state index in [1.165, 1.54) is 12.1 Å². The van der Waals surface area contributed by atoms with Crippen LogP contribution in [0, 0.1) is 5.41 Å². The molecule has 0 saturated carbocycles. The Morgan fingerprint density at radius 2 is 1.79 bits per heavy atom. The third-order valence-corrected chi connectivity index (χ3v) is 6.39. The first-order valence-corrected chi connectivity index (χ1v) is 10.4. The van der Waals surface area contributed by atoms with E-state index < -0.39 is 39.0 Å². The summed E-state index contributed by atoms with van der Waals surface area (Å²) in [6, 6.07) is 11.5. The predicted molar refractivity (Wildman–Crippen MR) is 110 cm³/mol. The first-order chi connectivity index (χ1) is 13.5. The number of aliphatic carboxylic acids is 1. The van der Waals surface area contributed by atoms with Crippen molar-refractivity contribution < 1.29 is 23.4 Å². The van der Waals surface area contributed by atoms with Crippen LogP contribution in [0.3, 0.4) is 0 Å². The second-order valence-corrected chi connectivity index (χ2v) is 8.85. The van der Waals surface area contributed by atoms with Gasteiger partial charge in [0.05, 0.1) is 5.56 Å². The molecule has 0 unspecified atom stereocenters. The molecular formula is C20H25N3O5S. The lowest BCUT2D eigenvalue weighted by Crippen LogP contribution is -2.37. The number of sulfonamides is 1. The van der Waals surface area contributed by atoms with Crippen LogP contribution in [0.1, 0.15) is 36.5 Å². The number of phenolic OH excluding ortho intramolecular Hbond substituents is 1. The van der Waals surface area contributed by atoms with Gasteiger partial charge in [-0.15, -0.1) is 0 Å². The molecule has 2 aromatic carbocycles. The van der Waals surface area contributed by atoms with Crippen molar-refractivity contribution in [2.45, 2.75) is 31.1 Å². The molecular weight excluding hydrogens is 394 g/mol. The van der Waals surface area contributed by atoms with Crippen molar-refractivity contribution >= 4 is 21.8 Å². The highest BCUT2D eigenvalue weighted by Crippen LogP contribution is 2.29. The molecule has 0 aromatic heterocycles. The molecule has 0 atom stereocenters. The zero-order valence-electron chi connectivity index (χ0n) is 16.3. The van der Waals surface area contributed by atoms with E-state index in [-0.39, 0.29) is 12.1 Å². The van der Waals surface area contributed by atoms with Gasteiger partial charge in [-0.3, -0.25) is 10.2 Å². The maximum absolute atomic E-state index is 13.0. The van der Waals surface area contributed by atoms with Crippen LogP contribution in [0.15, 0.2) is 47.4 Å². The molecule has 0 amide bonds. The minimum Gasteiger partial charge on any atom is -0.506 e. The van der Waals surface area contributed by atoms with Crippen LogP contribution >= 0.6 is 0 Å². The van der Waals surface area contributed by atoms with Gasteiger partial charge >= 0.3 is 5.97 Å². The highest BCUT2D eigenvalue weighted by atomic mass is 32.2. The Bertz CT molecular complexity index is 1000. The maximum atomic E-state index is 13.0. The molecule has 0 bridgehead atoms. The van der Waals surface area contributed by atoms with Crippen LogP contribution in [0.2, 0.25) is 0 Å². The van der Waals surface area contributed by atoms with Crippen LogP contribution in [0.25, 0.3) is 0 Å². The number of para-hydroxylation sites is 1. The molecule has 0 saturated heterocycles. The topological polar surface area (TPSA) is 145 Å². The zero-order chi connectivity index (χ0) is 21.8. The van der Waals surface area contributed by atoms with Gasteiger partial charge in [-0.05, 0) is 35.6 Å².